The first-order valence-electron chi connectivity index (χ1n) is 7.07. The van der Waals surface area contributed by atoms with Crippen LogP contribution in [-0.4, -0.2) is 20.9 Å². The molecule has 25 heavy (non-hydrogen) atoms. The lowest BCUT2D eigenvalue weighted by molar-refractivity contribution is 0.0692. The van der Waals surface area contributed by atoms with Gasteiger partial charge in [-0.1, -0.05) is 35.6 Å². The van der Waals surface area contributed by atoms with Gasteiger partial charge in [-0.25, -0.2) is 23.7 Å². The van der Waals surface area contributed by atoms with Crippen molar-refractivity contribution in [3.05, 3.63) is 70.1 Å². The SMILES string of the molecule is [C-]#[N+]c1ccc(-c2nn(C)c(=Nc3ccc(F)c(C(=O)O)c3)s2)cc1. The average Bonchev–Trinajstić information content (AvgIpc) is 2.97. The number of carboxylic acids is 1. The van der Waals surface area contributed by atoms with Crippen LogP contribution in [0.25, 0.3) is 15.4 Å². The summed E-state index contributed by atoms with van der Waals surface area (Å²) in [5.41, 5.74) is 1.29. The second kappa shape index (κ2) is 6.67. The zero-order valence-electron chi connectivity index (χ0n) is 13.0. The van der Waals surface area contributed by atoms with Crippen LogP contribution >= 0.6 is 11.3 Å². The molecule has 0 unspecified atom stereocenters. The Hall–Kier alpha value is -3.31. The molecule has 0 spiro atoms. The van der Waals surface area contributed by atoms with Crippen LogP contribution in [0.2, 0.25) is 0 Å². The predicted molar refractivity (Wildman–Crippen MR) is 91.4 cm³/mol. The van der Waals surface area contributed by atoms with Gasteiger partial charge < -0.3 is 5.11 Å². The molecule has 0 atom stereocenters. The van der Waals surface area contributed by atoms with Crippen molar-refractivity contribution in [3.8, 4) is 10.6 Å². The Labute approximate surface area is 146 Å². The number of benzene rings is 2. The molecule has 0 amide bonds. The molecule has 0 saturated heterocycles. The molecule has 0 aliphatic heterocycles. The van der Waals surface area contributed by atoms with Crippen molar-refractivity contribution in [2.75, 3.05) is 0 Å². The van der Waals surface area contributed by atoms with Crippen molar-refractivity contribution in [2.45, 2.75) is 0 Å². The van der Waals surface area contributed by atoms with Gasteiger partial charge in [-0.3, -0.25) is 0 Å². The second-order valence-electron chi connectivity index (χ2n) is 5.05. The fourth-order valence-corrected chi connectivity index (χ4v) is 3.01. The molecular weight excluding hydrogens is 343 g/mol. The summed E-state index contributed by atoms with van der Waals surface area (Å²) in [6.45, 7) is 6.97. The molecule has 0 saturated carbocycles. The van der Waals surface area contributed by atoms with E-state index in [9.17, 15) is 9.18 Å². The number of aromatic nitrogens is 2. The average molecular weight is 354 g/mol. The molecule has 0 aliphatic rings. The Balaban J connectivity index is 2.02. The molecule has 0 radical (unpaired) electrons. The number of rotatable bonds is 3. The lowest BCUT2D eigenvalue weighted by atomic mass is 10.2. The molecular formula is C17H11FN4O2S. The van der Waals surface area contributed by atoms with Crippen molar-refractivity contribution in [2.24, 2.45) is 12.0 Å². The largest absolute Gasteiger partial charge is 0.478 e. The Morgan fingerprint density at radius 3 is 2.68 bits per heavy atom. The van der Waals surface area contributed by atoms with Crippen LogP contribution in [0.15, 0.2) is 47.5 Å². The van der Waals surface area contributed by atoms with Crippen molar-refractivity contribution in [3.63, 3.8) is 0 Å². The summed E-state index contributed by atoms with van der Waals surface area (Å²) in [6.07, 6.45) is 0. The Kier molecular flexibility index (Phi) is 4.41. The van der Waals surface area contributed by atoms with Crippen LogP contribution in [0.5, 0.6) is 0 Å². The summed E-state index contributed by atoms with van der Waals surface area (Å²) >= 11 is 1.31. The predicted octanol–water partition coefficient (Wildman–Crippen LogP) is 3.77. The highest BCUT2D eigenvalue weighted by atomic mass is 32.1. The van der Waals surface area contributed by atoms with Gasteiger partial charge >= 0.3 is 5.97 Å². The van der Waals surface area contributed by atoms with Gasteiger partial charge in [-0.05, 0) is 18.2 Å². The van der Waals surface area contributed by atoms with Crippen molar-refractivity contribution >= 4 is 28.7 Å². The van der Waals surface area contributed by atoms with Crippen LogP contribution in [0, 0.1) is 12.4 Å². The summed E-state index contributed by atoms with van der Waals surface area (Å²) in [4.78, 5) is 19.2. The fraction of sp³-hybridized carbons (Fsp3) is 0.0588. The molecule has 3 aromatic rings. The molecule has 0 bridgehead atoms. The number of hydrogen-bond donors (Lipinski definition) is 1. The molecule has 3 rings (SSSR count). The molecule has 124 valence electrons. The van der Waals surface area contributed by atoms with Crippen LogP contribution in [-0.2, 0) is 7.05 Å². The third-order valence-corrected chi connectivity index (χ3v) is 4.40. The summed E-state index contributed by atoms with van der Waals surface area (Å²) in [5, 5.41) is 14.1. The van der Waals surface area contributed by atoms with E-state index in [1.807, 2.05) is 0 Å². The molecule has 2 aromatic carbocycles. The third-order valence-electron chi connectivity index (χ3n) is 3.35. The topological polar surface area (TPSA) is 71.8 Å². The number of nitrogens with zero attached hydrogens (tertiary/aromatic N) is 4. The zero-order valence-corrected chi connectivity index (χ0v) is 13.8. The summed E-state index contributed by atoms with van der Waals surface area (Å²) < 4.78 is 15.0. The van der Waals surface area contributed by atoms with Crippen molar-refractivity contribution in [1.29, 1.82) is 0 Å². The highest BCUT2D eigenvalue weighted by molar-refractivity contribution is 7.12. The maximum atomic E-state index is 13.5. The molecule has 1 aromatic heterocycles. The minimum Gasteiger partial charge on any atom is -0.478 e. The molecule has 1 N–H and O–H groups in total. The van der Waals surface area contributed by atoms with Gasteiger partial charge in [0, 0.05) is 12.6 Å². The first kappa shape index (κ1) is 16.5. The van der Waals surface area contributed by atoms with E-state index in [4.69, 9.17) is 11.7 Å². The number of aryl methyl sites for hydroxylation is 1. The number of carbonyl (C=O) groups is 1. The lowest BCUT2D eigenvalue weighted by Crippen LogP contribution is -2.11. The highest BCUT2D eigenvalue weighted by Crippen LogP contribution is 2.23. The smallest absolute Gasteiger partial charge is 0.338 e. The van der Waals surface area contributed by atoms with Crippen LogP contribution in [0.1, 0.15) is 10.4 Å². The minimum atomic E-state index is -1.34. The van der Waals surface area contributed by atoms with Gasteiger partial charge in [0.1, 0.15) is 10.8 Å². The van der Waals surface area contributed by atoms with E-state index >= 15 is 0 Å². The van der Waals surface area contributed by atoms with Gasteiger partial charge in [-0.2, -0.15) is 5.10 Å². The number of hydrogen-bond acceptors (Lipinski definition) is 4. The monoisotopic (exact) mass is 354 g/mol. The van der Waals surface area contributed by atoms with Crippen molar-refractivity contribution < 1.29 is 14.3 Å². The van der Waals surface area contributed by atoms with Gasteiger partial charge in [0.2, 0.25) is 4.80 Å². The van der Waals surface area contributed by atoms with Crippen LogP contribution < -0.4 is 4.80 Å². The fourth-order valence-electron chi connectivity index (χ4n) is 2.10. The standard InChI is InChI=1S/C17H11FN4O2S/c1-19-11-5-3-10(4-6-11)15-21-22(2)17(25-15)20-12-7-8-14(18)13(9-12)16(23)24/h3-9H,2H3,(H,23,24). The molecule has 0 fully saturated rings. The first-order chi connectivity index (χ1) is 12.0. The quantitative estimate of drug-likeness (QED) is 0.728. The van der Waals surface area contributed by atoms with Gasteiger partial charge in [-0.15, -0.1) is 0 Å². The third kappa shape index (κ3) is 3.46. The lowest BCUT2D eigenvalue weighted by Gasteiger charge is -1.98. The molecule has 6 nitrogen and oxygen atoms in total. The van der Waals surface area contributed by atoms with E-state index in [-0.39, 0.29) is 0 Å². The van der Waals surface area contributed by atoms with Crippen LogP contribution in [0.3, 0.4) is 0 Å². The molecule has 0 aliphatic carbocycles. The van der Waals surface area contributed by atoms with E-state index in [0.717, 1.165) is 11.6 Å². The zero-order chi connectivity index (χ0) is 18.0. The van der Waals surface area contributed by atoms with E-state index in [0.29, 0.717) is 21.2 Å². The summed E-state index contributed by atoms with van der Waals surface area (Å²) in [5.74, 6) is -2.15. The van der Waals surface area contributed by atoms with E-state index < -0.39 is 17.3 Å². The Morgan fingerprint density at radius 2 is 2.04 bits per heavy atom. The maximum absolute atomic E-state index is 13.5. The second-order valence-corrected chi connectivity index (χ2v) is 6.01. The first-order valence-corrected chi connectivity index (χ1v) is 7.89. The van der Waals surface area contributed by atoms with Gasteiger partial charge in [0.25, 0.3) is 0 Å². The molecule has 1 heterocycles. The maximum Gasteiger partial charge on any atom is 0.338 e. The Morgan fingerprint density at radius 1 is 1.32 bits per heavy atom. The summed E-state index contributed by atoms with van der Waals surface area (Å²) in [6, 6.07) is 10.7. The van der Waals surface area contributed by atoms with E-state index in [2.05, 4.69) is 14.9 Å². The number of carboxylic acid groups (broad SMARTS) is 1. The van der Waals surface area contributed by atoms with Crippen molar-refractivity contribution in [1.82, 2.24) is 9.78 Å². The number of aromatic carboxylic acids is 1. The van der Waals surface area contributed by atoms with Gasteiger partial charge in [0.15, 0.2) is 5.69 Å². The van der Waals surface area contributed by atoms with Crippen LogP contribution in [0.4, 0.5) is 15.8 Å². The Bertz CT molecular complexity index is 1060. The van der Waals surface area contributed by atoms with E-state index in [1.54, 1.807) is 36.0 Å². The minimum absolute atomic E-state index is 0.327. The molecule has 8 heteroatoms. The highest BCUT2D eigenvalue weighted by Gasteiger charge is 2.11. The van der Waals surface area contributed by atoms with E-state index in [1.165, 1.54) is 23.5 Å². The van der Waals surface area contributed by atoms with Gasteiger partial charge in [0.05, 0.1) is 17.8 Å². The normalized spacial score (nSPS) is 11.3. The summed E-state index contributed by atoms with van der Waals surface area (Å²) in [7, 11) is 1.72. The number of halogens is 1.